The van der Waals surface area contributed by atoms with Crippen molar-refractivity contribution in [1.82, 2.24) is 15.3 Å². The molecule has 0 saturated heterocycles. The minimum atomic E-state index is -0.577. The number of halogens is 1. The minimum absolute atomic E-state index is 0.187. The van der Waals surface area contributed by atoms with E-state index in [1.54, 1.807) is 12.1 Å². The van der Waals surface area contributed by atoms with Crippen molar-refractivity contribution in [3.63, 3.8) is 0 Å². The van der Waals surface area contributed by atoms with Crippen LogP contribution < -0.4 is 21.1 Å². The number of rotatable bonds is 11. The van der Waals surface area contributed by atoms with Crippen molar-refractivity contribution in [2.24, 2.45) is 5.73 Å². The van der Waals surface area contributed by atoms with Gasteiger partial charge in [0.05, 0.1) is 6.61 Å². The second-order valence-corrected chi connectivity index (χ2v) is 5.32. The summed E-state index contributed by atoms with van der Waals surface area (Å²) in [5.41, 5.74) is 5.35. The van der Waals surface area contributed by atoms with E-state index in [2.05, 4.69) is 20.6 Å². The highest BCUT2D eigenvalue weighted by atomic mass is 19.1. The molecular weight excluding hydrogens is 325 g/mol. The zero-order valence-corrected chi connectivity index (χ0v) is 13.9. The van der Waals surface area contributed by atoms with Crippen LogP contribution in [-0.4, -0.2) is 42.1 Å². The zero-order valence-electron chi connectivity index (χ0n) is 13.9. The maximum absolute atomic E-state index is 12.7. The van der Waals surface area contributed by atoms with Gasteiger partial charge in [0.15, 0.2) is 0 Å². The van der Waals surface area contributed by atoms with Crippen molar-refractivity contribution >= 4 is 11.9 Å². The molecule has 0 saturated carbocycles. The van der Waals surface area contributed by atoms with Gasteiger partial charge in [0, 0.05) is 19.3 Å². The molecule has 0 aliphatic carbocycles. The molecule has 0 aliphatic rings. The Bertz CT molecular complexity index is 666. The fourth-order valence-electron chi connectivity index (χ4n) is 2.04. The number of amides is 1. The average molecular weight is 347 g/mol. The van der Waals surface area contributed by atoms with E-state index in [1.807, 2.05) is 0 Å². The van der Waals surface area contributed by atoms with Crippen molar-refractivity contribution in [3.8, 4) is 5.75 Å². The molecule has 0 atom stereocenters. The Morgan fingerprint density at radius 2 is 1.92 bits per heavy atom. The summed E-state index contributed by atoms with van der Waals surface area (Å²) in [6.07, 6.45) is 3.36. The van der Waals surface area contributed by atoms with Crippen LogP contribution >= 0.6 is 0 Å². The zero-order chi connectivity index (χ0) is 17.9. The number of hydrogen-bond donors (Lipinski definition) is 3. The molecule has 7 nitrogen and oxygen atoms in total. The van der Waals surface area contributed by atoms with Gasteiger partial charge in [0.1, 0.15) is 17.3 Å². The number of benzene rings is 1. The van der Waals surface area contributed by atoms with Gasteiger partial charge in [-0.3, -0.25) is 4.79 Å². The normalized spacial score (nSPS) is 10.4. The van der Waals surface area contributed by atoms with Crippen molar-refractivity contribution in [2.75, 3.05) is 31.6 Å². The third-order valence-corrected chi connectivity index (χ3v) is 3.32. The number of unbranched alkanes of at least 4 members (excludes halogenated alkanes) is 1. The van der Waals surface area contributed by atoms with Crippen LogP contribution in [0.5, 0.6) is 5.75 Å². The van der Waals surface area contributed by atoms with E-state index in [-0.39, 0.29) is 11.5 Å². The predicted molar refractivity (Wildman–Crippen MR) is 93.0 cm³/mol. The number of nitrogens with zero attached hydrogens (tertiary/aromatic N) is 2. The molecule has 4 N–H and O–H groups in total. The maximum Gasteiger partial charge on any atom is 0.267 e. The van der Waals surface area contributed by atoms with Gasteiger partial charge in [-0.1, -0.05) is 0 Å². The first-order chi connectivity index (χ1) is 12.1. The van der Waals surface area contributed by atoms with Crippen molar-refractivity contribution in [2.45, 2.75) is 12.8 Å². The Hall–Kier alpha value is -2.74. The van der Waals surface area contributed by atoms with Gasteiger partial charge < -0.3 is 21.1 Å². The number of aromatic nitrogens is 2. The molecule has 0 spiro atoms. The summed E-state index contributed by atoms with van der Waals surface area (Å²) in [7, 11) is 0. The molecule has 25 heavy (non-hydrogen) atoms. The molecule has 0 aliphatic heterocycles. The standard InChI is InChI=1S/C17H22FN5O2/c18-13-3-5-14(6-4-13)25-12-2-1-8-20-10-11-22-17-21-9-7-15(23-17)16(19)24/h3-7,9,20H,1-2,8,10-12H2,(H2,19,24)(H,21,22,23). The lowest BCUT2D eigenvalue weighted by molar-refractivity contribution is 0.0995. The van der Waals surface area contributed by atoms with Crippen LogP contribution in [0.15, 0.2) is 36.5 Å². The number of ether oxygens (including phenoxy) is 1. The van der Waals surface area contributed by atoms with Crippen molar-refractivity contribution in [1.29, 1.82) is 0 Å². The number of anilines is 1. The molecule has 0 fully saturated rings. The minimum Gasteiger partial charge on any atom is -0.494 e. The highest BCUT2D eigenvalue weighted by molar-refractivity contribution is 5.90. The van der Waals surface area contributed by atoms with Gasteiger partial charge in [-0.2, -0.15) is 0 Å². The maximum atomic E-state index is 12.7. The van der Waals surface area contributed by atoms with E-state index in [1.165, 1.54) is 24.4 Å². The summed E-state index contributed by atoms with van der Waals surface area (Å²) >= 11 is 0. The van der Waals surface area contributed by atoms with Gasteiger partial charge in [0.25, 0.3) is 5.91 Å². The molecule has 0 radical (unpaired) electrons. The quantitative estimate of drug-likeness (QED) is 0.533. The lowest BCUT2D eigenvalue weighted by Gasteiger charge is -2.08. The Morgan fingerprint density at radius 1 is 1.12 bits per heavy atom. The van der Waals surface area contributed by atoms with Crippen LogP contribution in [0.4, 0.5) is 10.3 Å². The number of carbonyl (C=O) groups excluding carboxylic acids is 1. The van der Waals surface area contributed by atoms with Gasteiger partial charge in [-0.05, 0) is 49.7 Å². The van der Waals surface area contributed by atoms with E-state index < -0.39 is 5.91 Å². The molecule has 2 aromatic rings. The summed E-state index contributed by atoms with van der Waals surface area (Å²) in [5, 5.41) is 6.30. The van der Waals surface area contributed by atoms with Gasteiger partial charge >= 0.3 is 0 Å². The van der Waals surface area contributed by atoms with Crippen LogP contribution in [0.1, 0.15) is 23.3 Å². The first kappa shape index (κ1) is 18.6. The van der Waals surface area contributed by atoms with E-state index in [4.69, 9.17) is 10.5 Å². The monoisotopic (exact) mass is 347 g/mol. The molecule has 1 heterocycles. The first-order valence-corrected chi connectivity index (χ1v) is 8.11. The number of nitrogens with one attached hydrogen (secondary N) is 2. The fourth-order valence-corrected chi connectivity index (χ4v) is 2.04. The van der Waals surface area contributed by atoms with Gasteiger partial charge in [-0.25, -0.2) is 14.4 Å². The summed E-state index contributed by atoms with van der Waals surface area (Å²) in [4.78, 5) is 19.0. The van der Waals surface area contributed by atoms with Crippen molar-refractivity contribution < 1.29 is 13.9 Å². The number of primary amides is 1. The Kier molecular flexibility index (Phi) is 7.58. The Balaban J connectivity index is 1.49. The third kappa shape index (κ3) is 7.13. The number of carbonyl (C=O) groups is 1. The molecule has 0 unspecified atom stereocenters. The van der Waals surface area contributed by atoms with E-state index >= 15 is 0 Å². The summed E-state index contributed by atoms with van der Waals surface area (Å²) in [6.45, 7) is 2.83. The lowest BCUT2D eigenvalue weighted by atomic mass is 10.3. The number of nitrogens with two attached hydrogens (primary N) is 1. The molecule has 8 heteroatoms. The van der Waals surface area contributed by atoms with Crippen LogP contribution in [0.25, 0.3) is 0 Å². The molecular formula is C17H22FN5O2. The molecule has 134 valence electrons. The lowest BCUT2D eigenvalue weighted by Crippen LogP contribution is -2.24. The second kappa shape index (κ2) is 10.2. The topological polar surface area (TPSA) is 102 Å². The van der Waals surface area contributed by atoms with Crippen LogP contribution in [-0.2, 0) is 0 Å². The predicted octanol–water partition coefficient (Wildman–Crippen LogP) is 1.58. The first-order valence-electron chi connectivity index (χ1n) is 8.11. The van der Waals surface area contributed by atoms with Crippen LogP contribution in [0.2, 0.25) is 0 Å². The SMILES string of the molecule is NC(=O)c1ccnc(NCCNCCCCOc2ccc(F)cc2)n1. The summed E-state index contributed by atoms with van der Waals surface area (Å²) in [6, 6.07) is 7.47. The molecule has 0 bridgehead atoms. The highest BCUT2D eigenvalue weighted by Gasteiger charge is 2.03. The van der Waals surface area contributed by atoms with Gasteiger partial charge in [0.2, 0.25) is 5.95 Å². The second-order valence-electron chi connectivity index (χ2n) is 5.32. The molecule has 1 aromatic heterocycles. The van der Waals surface area contributed by atoms with Crippen LogP contribution in [0, 0.1) is 5.82 Å². The Morgan fingerprint density at radius 3 is 2.68 bits per heavy atom. The van der Waals surface area contributed by atoms with Crippen LogP contribution in [0.3, 0.4) is 0 Å². The Labute approximate surface area is 145 Å². The fraction of sp³-hybridized carbons (Fsp3) is 0.353. The largest absolute Gasteiger partial charge is 0.494 e. The van der Waals surface area contributed by atoms with Crippen molar-refractivity contribution in [3.05, 3.63) is 48.0 Å². The smallest absolute Gasteiger partial charge is 0.267 e. The molecule has 1 aromatic carbocycles. The van der Waals surface area contributed by atoms with Gasteiger partial charge in [-0.15, -0.1) is 0 Å². The molecule has 1 amide bonds. The average Bonchev–Trinajstić information content (AvgIpc) is 2.62. The van der Waals surface area contributed by atoms with E-state index in [0.717, 1.165) is 25.9 Å². The highest BCUT2D eigenvalue weighted by Crippen LogP contribution is 2.11. The molecule has 2 rings (SSSR count). The number of hydrogen-bond acceptors (Lipinski definition) is 6. The summed E-state index contributed by atoms with van der Waals surface area (Å²) < 4.78 is 18.3. The summed E-state index contributed by atoms with van der Waals surface area (Å²) in [5.74, 6) is 0.214. The third-order valence-electron chi connectivity index (χ3n) is 3.32. The van der Waals surface area contributed by atoms with E-state index in [0.29, 0.717) is 24.8 Å². The van der Waals surface area contributed by atoms with E-state index in [9.17, 15) is 9.18 Å².